The number of carbonyl (C=O) groups is 1. The summed E-state index contributed by atoms with van der Waals surface area (Å²) in [5.74, 6) is 1.47. The van der Waals surface area contributed by atoms with Crippen LogP contribution in [0.5, 0.6) is 11.5 Å². The number of rotatable bonds is 5. The number of nitrogens with zero attached hydrogens (tertiary/aromatic N) is 3. The number of carbonyl (C=O) groups excluding carboxylic acids is 1. The molecule has 0 N–H and O–H groups in total. The fourth-order valence-electron chi connectivity index (χ4n) is 4.17. The van der Waals surface area contributed by atoms with E-state index in [2.05, 4.69) is 17.0 Å². The summed E-state index contributed by atoms with van der Waals surface area (Å²) in [6.07, 6.45) is 4.60. The van der Waals surface area contributed by atoms with Crippen molar-refractivity contribution in [3.05, 3.63) is 47.0 Å². The van der Waals surface area contributed by atoms with Crippen LogP contribution in [0.25, 0.3) is 10.2 Å². The highest BCUT2D eigenvalue weighted by atomic mass is 35.5. The molecular formula is C24H28ClN3O3S. The smallest absolute Gasteiger partial charge is 0.260 e. The van der Waals surface area contributed by atoms with E-state index in [1.165, 1.54) is 35.3 Å². The molecule has 2 aromatic carbocycles. The number of aromatic nitrogens is 1. The number of likely N-dealkylation sites (N-methyl/N-ethyl adjacent to an activating group) is 1. The molecule has 0 saturated carbocycles. The van der Waals surface area contributed by atoms with Gasteiger partial charge in [0.25, 0.3) is 5.91 Å². The van der Waals surface area contributed by atoms with Gasteiger partial charge in [0.1, 0.15) is 13.2 Å². The molecule has 6 nitrogen and oxygen atoms in total. The van der Waals surface area contributed by atoms with Crippen molar-refractivity contribution >= 4 is 45.0 Å². The molecule has 0 fully saturated rings. The molecule has 0 unspecified atom stereocenters. The molecule has 0 spiro atoms. The number of amides is 1. The van der Waals surface area contributed by atoms with Crippen molar-refractivity contribution in [2.75, 3.05) is 45.3 Å². The average Bonchev–Trinajstić information content (AvgIpc) is 3.19. The zero-order valence-corrected chi connectivity index (χ0v) is 20.1. The van der Waals surface area contributed by atoms with Crippen LogP contribution >= 0.6 is 23.7 Å². The summed E-state index contributed by atoms with van der Waals surface area (Å²) in [5.41, 5.74) is 4.27. The predicted molar refractivity (Wildman–Crippen MR) is 131 cm³/mol. The van der Waals surface area contributed by atoms with E-state index in [4.69, 9.17) is 14.5 Å². The molecule has 32 heavy (non-hydrogen) atoms. The number of benzene rings is 2. The lowest BCUT2D eigenvalue weighted by molar-refractivity contribution is 0.0985. The minimum Gasteiger partial charge on any atom is -0.486 e. The van der Waals surface area contributed by atoms with Crippen LogP contribution in [0.2, 0.25) is 0 Å². The zero-order chi connectivity index (χ0) is 21.4. The summed E-state index contributed by atoms with van der Waals surface area (Å²) in [7, 11) is 4.03. The van der Waals surface area contributed by atoms with Gasteiger partial charge in [0, 0.05) is 30.8 Å². The predicted octanol–water partition coefficient (Wildman–Crippen LogP) is 4.58. The number of hydrogen-bond acceptors (Lipinski definition) is 6. The Hall–Kier alpha value is -2.35. The molecule has 0 bridgehead atoms. The molecule has 1 aromatic heterocycles. The number of halogens is 1. The van der Waals surface area contributed by atoms with Crippen molar-refractivity contribution in [3.8, 4) is 11.5 Å². The quantitative estimate of drug-likeness (QED) is 0.543. The van der Waals surface area contributed by atoms with Gasteiger partial charge in [-0.25, -0.2) is 4.98 Å². The molecule has 2 heterocycles. The average molecular weight is 474 g/mol. The molecule has 1 amide bonds. The summed E-state index contributed by atoms with van der Waals surface area (Å²) in [6, 6.07) is 10.1. The van der Waals surface area contributed by atoms with Crippen LogP contribution in [0.15, 0.2) is 30.3 Å². The SMILES string of the molecule is CN(C)CCN(C(=O)c1ccc2c(c1)CCCC2)c1nc2cc3c(cc2s1)OCCO3.Cl. The van der Waals surface area contributed by atoms with Gasteiger partial charge >= 0.3 is 0 Å². The highest BCUT2D eigenvalue weighted by Crippen LogP contribution is 2.39. The fraction of sp³-hybridized carbons (Fsp3) is 0.417. The van der Waals surface area contributed by atoms with Gasteiger partial charge in [-0.3, -0.25) is 9.69 Å². The Morgan fingerprint density at radius 3 is 2.47 bits per heavy atom. The molecule has 1 aliphatic heterocycles. The van der Waals surface area contributed by atoms with E-state index in [-0.39, 0.29) is 18.3 Å². The van der Waals surface area contributed by atoms with Gasteiger partial charge in [0.05, 0.1) is 10.2 Å². The van der Waals surface area contributed by atoms with Gasteiger partial charge in [-0.05, 0) is 63.0 Å². The lowest BCUT2D eigenvalue weighted by atomic mass is 9.90. The van der Waals surface area contributed by atoms with E-state index in [9.17, 15) is 4.79 Å². The number of aryl methyl sites for hydroxylation is 2. The molecular weight excluding hydrogens is 446 g/mol. The molecule has 0 atom stereocenters. The van der Waals surface area contributed by atoms with Crippen LogP contribution in [0.1, 0.15) is 34.3 Å². The Morgan fingerprint density at radius 2 is 1.72 bits per heavy atom. The van der Waals surface area contributed by atoms with E-state index in [0.29, 0.717) is 24.9 Å². The summed E-state index contributed by atoms with van der Waals surface area (Å²) in [6.45, 7) is 2.43. The largest absolute Gasteiger partial charge is 0.486 e. The van der Waals surface area contributed by atoms with Crippen molar-refractivity contribution in [2.24, 2.45) is 0 Å². The van der Waals surface area contributed by atoms with E-state index < -0.39 is 0 Å². The van der Waals surface area contributed by atoms with Crippen LogP contribution in [0, 0.1) is 0 Å². The number of anilines is 1. The molecule has 8 heteroatoms. The topological polar surface area (TPSA) is 54.9 Å². The highest BCUT2D eigenvalue weighted by Gasteiger charge is 2.24. The van der Waals surface area contributed by atoms with Crippen molar-refractivity contribution in [1.29, 1.82) is 0 Å². The Bertz CT molecular complexity index is 1090. The standard InChI is InChI=1S/C24H27N3O3S.ClH/c1-26(2)9-10-27(23(28)18-8-7-16-5-3-4-6-17(16)13-18)24-25-19-14-20-21(15-22(19)31-24)30-12-11-29-20;/h7-8,13-15H,3-6,9-12H2,1-2H3;1H. The number of hydrogen-bond donors (Lipinski definition) is 0. The molecule has 1 aliphatic carbocycles. The first-order chi connectivity index (χ1) is 15.1. The highest BCUT2D eigenvalue weighted by molar-refractivity contribution is 7.22. The first-order valence-electron chi connectivity index (χ1n) is 10.9. The van der Waals surface area contributed by atoms with Crippen LogP contribution < -0.4 is 14.4 Å². The third-order valence-corrected chi connectivity index (χ3v) is 6.92. The second-order valence-corrected chi connectivity index (χ2v) is 9.42. The molecule has 0 saturated heterocycles. The molecule has 2 aliphatic rings. The minimum absolute atomic E-state index is 0. The minimum atomic E-state index is 0. The van der Waals surface area contributed by atoms with E-state index in [0.717, 1.165) is 46.7 Å². The maximum Gasteiger partial charge on any atom is 0.260 e. The fourth-order valence-corrected chi connectivity index (χ4v) is 5.17. The number of thiazole rings is 1. The number of fused-ring (bicyclic) bond motifs is 3. The first-order valence-corrected chi connectivity index (χ1v) is 11.7. The second kappa shape index (κ2) is 9.65. The summed E-state index contributed by atoms with van der Waals surface area (Å²) < 4.78 is 12.4. The van der Waals surface area contributed by atoms with Crippen molar-refractivity contribution in [1.82, 2.24) is 9.88 Å². The van der Waals surface area contributed by atoms with Crippen molar-refractivity contribution < 1.29 is 14.3 Å². The van der Waals surface area contributed by atoms with E-state index in [1.807, 2.05) is 37.2 Å². The Balaban J connectivity index is 0.00000245. The maximum absolute atomic E-state index is 13.6. The monoisotopic (exact) mass is 473 g/mol. The van der Waals surface area contributed by atoms with Crippen LogP contribution in [0.4, 0.5) is 5.13 Å². The van der Waals surface area contributed by atoms with Gasteiger partial charge in [-0.2, -0.15) is 0 Å². The van der Waals surface area contributed by atoms with Crippen molar-refractivity contribution in [3.63, 3.8) is 0 Å². The summed E-state index contributed by atoms with van der Waals surface area (Å²) >= 11 is 1.52. The van der Waals surface area contributed by atoms with Crippen LogP contribution in [0.3, 0.4) is 0 Å². The maximum atomic E-state index is 13.6. The molecule has 170 valence electrons. The van der Waals surface area contributed by atoms with E-state index in [1.54, 1.807) is 0 Å². The summed E-state index contributed by atoms with van der Waals surface area (Å²) in [5, 5.41) is 0.710. The molecule has 3 aromatic rings. The zero-order valence-electron chi connectivity index (χ0n) is 18.4. The third kappa shape index (κ3) is 4.56. The van der Waals surface area contributed by atoms with Crippen LogP contribution in [-0.2, 0) is 12.8 Å². The van der Waals surface area contributed by atoms with Gasteiger partial charge in [0.15, 0.2) is 16.6 Å². The van der Waals surface area contributed by atoms with E-state index >= 15 is 0 Å². The Labute approximate surface area is 198 Å². The van der Waals surface area contributed by atoms with Gasteiger partial charge in [-0.1, -0.05) is 17.4 Å². The Kier molecular flexibility index (Phi) is 6.88. The lowest BCUT2D eigenvalue weighted by Crippen LogP contribution is -2.36. The lowest BCUT2D eigenvalue weighted by Gasteiger charge is -2.23. The van der Waals surface area contributed by atoms with Gasteiger partial charge < -0.3 is 14.4 Å². The van der Waals surface area contributed by atoms with Gasteiger partial charge in [-0.15, -0.1) is 12.4 Å². The van der Waals surface area contributed by atoms with Crippen LogP contribution in [-0.4, -0.2) is 56.2 Å². The normalized spacial score (nSPS) is 14.7. The second-order valence-electron chi connectivity index (χ2n) is 8.41. The Morgan fingerprint density at radius 1 is 1.00 bits per heavy atom. The molecule has 5 rings (SSSR count). The first kappa shape index (κ1) is 22.8. The number of ether oxygens (including phenoxy) is 2. The third-order valence-electron chi connectivity index (χ3n) is 5.88. The van der Waals surface area contributed by atoms with Gasteiger partial charge in [0.2, 0.25) is 0 Å². The molecule has 0 radical (unpaired) electrons. The van der Waals surface area contributed by atoms with Crippen molar-refractivity contribution in [2.45, 2.75) is 25.7 Å². The summed E-state index contributed by atoms with van der Waals surface area (Å²) in [4.78, 5) is 22.3.